The number of benzene rings is 1. The zero-order valence-corrected chi connectivity index (χ0v) is 5.20. The molecule has 0 aliphatic heterocycles. The molecule has 10 heavy (non-hydrogen) atoms. The smallest absolute Gasteiger partial charge is 0.119 e. The van der Waals surface area contributed by atoms with Gasteiger partial charge in [0.05, 0.1) is 11.6 Å². The molecule has 0 heterocycles. The number of phenolic OH excluding ortho intramolecular Hbond substituents is 1. The molecule has 0 aliphatic rings. The van der Waals surface area contributed by atoms with E-state index in [2.05, 4.69) is 0 Å². The first-order valence-corrected chi connectivity index (χ1v) is 2.72. The number of nitrogens with zero attached hydrogens (tertiary/aromatic N) is 1. The summed E-state index contributed by atoms with van der Waals surface area (Å²) >= 11 is 0. The second-order valence-corrected chi connectivity index (χ2v) is 1.89. The molecule has 2 radical (unpaired) electrons. The first kappa shape index (κ1) is 6.69. The van der Waals surface area contributed by atoms with E-state index in [-0.39, 0.29) is 11.2 Å². The van der Waals surface area contributed by atoms with Crippen LogP contribution in [0.25, 0.3) is 0 Å². The molecule has 0 bridgehead atoms. The van der Waals surface area contributed by atoms with Gasteiger partial charge in [0.1, 0.15) is 13.6 Å². The standard InChI is InChI=1S/C7H4BNO/c8-6-3-5(4-9)1-2-7(6)10/h1-3,10H. The Morgan fingerprint density at radius 1 is 1.50 bits per heavy atom. The molecular weight excluding hydrogens is 125 g/mol. The Morgan fingerprint density at radius 2 is 2.20 bits per heavy atom. The molecule has 0 spiro atoms. The maximum absolute atomic E-state index is 8.90. The molecule has 0 unspecified atom stereocenters. The van der Waals surface area contributed by atoms with Gasteiger partial charge in [-0.2, -0.15) is 5.26 Å². The van der Waals surface area contributed by atoms with Crippen LogP contribution >= 0.6 is 0 Å². The highest BCUT2D eigenvalue weighted by Gasteiger charge is 1.94. The summed E-state index contributed by atoms with van der Waals surface area (Å²) in [5.41, 5.74) is 0.689. The van der Waals surface area contributed by atoms with Crippen LogP contribution in [0, 0.1) is 11.3 Å². The lowest BCUT2D eigenvalue weighted by molar-refractivity contribution is 0.479. The Bertz CT molecular complexity index is 290. The highest BCUT2D eigenvalue weighted by atomic mass is 16.3. The Kier molecular flexibility index (Phi) is 1.64. The second-order valence-electron chi connectivity index (χ2n) is 1.89. The lowest BCUT2D eigenvalue weighted by atomic mass is 9.93. The molecule has 0 amide bonds. The van der Waals surface area contributed by atoms with Crippen LogP contribution in [0.2, 0.25) is 0 Å². The first-order chi connectivity index (χ1) is 4.74. The molecule has 1 rings (SSSR count). The average molecular weight is 129 g/mol. The summed E-state index contributed by atoms with van der Waals surface area (Å²) in [7, 11) is 5.30. The van der Waals surface area contributed by atoms with E-state index in [4.69, 9.17) is 18.2 Å². The molecule has 0 aliphatic carbocycles. The van der Waals surface area contributed by atoms with Crippen molar-refractivity contribution < 1.29 is 5.11 Å². The molecule has 0 fully saturated rings. The summed E-state index contributed by atoms with van der Waals surface area (Å²) in [5.74, 6) is 0.0130. The predicted molar refractivity (Wildman–Crippen MR) is 38.2 cm³/mol. The lowest BCUT2D eigenvalue weighted by Gasteiger charge is -1.96. The number of aromatic hydroxyl groups is 1. The van der Waals surface area contributed by atoms with Gasteiger partial charge in [-0.25, -0.2) is 0 Å². The minimum atomic E-state index is 0.0130. The van der Waals surface area contributed by atoms with Crippen LogP contribution in [0.3, 0.4) is 0 Å². The third kappa shape index (κ3) is 1.11. The van der Waals surface area contributed by atoms with Crippen molar-refractivity contribution in [2.24, 2.45) is 0 Å². The molecule has 0 saturated heterocycles. The number of rotatable bonds is 0. The maximum Gasteiger partial charge on any atom is 0.119 e. The van der Waals surface area contributed by atoms with E-state index < -0.39 is 0 Å². The molecule has 0 saturated carbocycles. The van der Waals surface area contributed by atoms with Gasteiger partial charge in [-0.3, -0.25) is 0 Å². The van der Waals surface area contributed by atoms with E-state index in [1.54, 1.807) is 0 Å². The van der Waals surface area contributed by atoms with Gasteiger partial charge in [0.15, 0.2) is 0 Å². The largest absolute Gasteiger partial charge is 0.509 e. The van der Waals surface area contributed by atoms with E-state index in [0.29, 0.717) is 5.56 Å². The topological polar surface area (TPSA) is 44.0 Å². The van der Waals surface area contributed by atoms with Crippen molar-refractivity contribution in [1.29, 1.82) is 5.26 Å². The summed E-state index contributed by atoms with van der Waals surface area (Å²) < 4.78 is 0. The predicted octanol–water partition coefficient (Wildman–Crippen LogP) is 0.0577. The van der Waals surface area contributed by atoms with E-state index in [1.165, 1.54) is 18.2 Å². The summed E-state index contributed by atoms with van der Waals surface area (Å²) in [6, 6.07) is 6.23. The quantitative estimate of drug-likeness (QED) is 0.503. The van der Waals surface area contributed by atoms with Crippen molar-refractivity contribution >= 4 is 13.3 Å². The molecule has 1 N–H and O–H groups in total. The van der Waals surface area contributed by atoms with E-state index in [0.717, 1.165) is 0 Å². The van der Waals surface area contributed by atoms with Crippen molar-refractivity contribution in [3.05, 3.63) is 23.8 Å². The van der Waals surface area contributed by atoms with Crippen LogP contribution in [-0.2, 0) is 0 Å². The number of phenols is 1. The minimum absolute atomic E-state index is 0.0130. The van der Waals surface area contributed by atoms with Crippen molar-refractivity contribution in [2.45, 2.75) is 0 Å². The van der Waals surface area contributed by atoms with Gasteiger partial charge in [0, 0.05) is 0 Å². The van der Waals surface area contributed by atoms with Crippen LogP contribution in [0.5, 0.6) is 5.75 Å². The van der Waals surface area contributed by atoms with Gasteiger partial charge < -0.3 is 5.11 Å². The molecule has 46 valence electrons. The summed E-state index contributed by atoms with van der Waals surface area (Å²) in [6.07, 6.45) is 0. The molecule has 1 aromatic rings. The van der Waals surface area contributed by atoms with Gasteiger partial charge in [0.25, 0.3) is 0 Å². The van der Waals surface area contributed by atoms with Crippen LogP contribution in [-0.4, -0.2) is 13.0 Å². The van der Waals surface area contributed by atoms with E-state index in [1.807, 2.05) is 6.07 Å². The fraction of sp³-hybridized carbons (Fsp3) is 0. The number of hydrogen-bond acceptors (Lipinski definition) is 2. The van der Waals surface area contributed by atoms with E-state index >= 15 is 0 Å². The summed E-state index contributed by atoms with van der Waals surface area (Å²) in [5, 5.41) is 17.3. The lowest BCUT2D eigenvalue weighted by Crippen LogP contribution is -2.02. The van der Waals surface area contributed by atoms with Gasteiger partial charge >= 0.3 is 0 Å². The zero-order chi connectivity index (χ0) is 7.56. The molecule has 1 aromatic carbocycles. The minimum Gasteiger partial charge on any atom is -0.509 e. The zero-order valence-electron chi connectivity index (χ0n) is 5.20. The van der Waals surface area contributed by atoms with Gasteiger partial charge in [-0.05, 0) is 18.2 Å². The van der Waals surface area contributed by atoms with Gasteiger partial charge in [0.2, 0.25) is 0 Å². The molecule has 2 nitrogen and oxygen atoms in total. The Hall–Kier alpha value is -1.43. The maximum atomic E-state index is 8.90. The molecule has 0 aromatic heterocycles. The third-order valence-corrected chi connectivity index (χ3v) is 1.16. The molecule has 0 atom stereocenters. The Balaban J connectivity index is 3.20. The van der Waals surface area contributed by atoms with Crippen LogP contribution in [0.1, 0.15) is 5.56 Å². The average Bonchev–Trinajstić information content (AvgIpc) is 1.95. The monoisotopic (exact) mass is 129 g/mol. The number of hydrogen-bond donors (Lipinski definition) is 1. The van der Waals surface area contributed by atoms with Crippen molar-refractivity contribution in [2.75, 3.05) is 0 Å². The summed E-state index contributed by atoms with van der Waals surface area (Å²) in [4.78, 5) is 0. The summed E-state index contributed by atoms with van der Waals surface area (Å²) in [6.45, 7) is 0. The van der Waals surface area contributed by atoms with Crippen LogP contribution in [0.15, 0.2) is 18.2 Å². The van der Waals surface area contributed by atoms with Crippen LogP contribution in [0.4, 0.5) is 0 Å². The molecule has 3 heteroatoms. The Morgan fingerprint density at radius 3 is 2.70 bits per heavy atom. The van der Waals surface area contributed by atoms with Crippen molar-refractivity contribution in [3.63, 3.8) is 0 Å². The van der Waals surface area contributed by atoms with Gasteiger partial charge in [-0.15, -0.1) is 0 Å². The highest BCUT2D eigenvalue weighted by Crippen LogP contribution is 2.04. The second kappa shape index (κ2) is 2.44. The van der Waals surface area contributed by atoms with Crippen molar-refractivity contribution in [3.8, 4) is 11.8 Å². The first-order valence-electron chi connectivity index (χ1n) is 2.72. The van der Waals surface area contributed by atoms with Crippen LogP contribution < -0.4 is 5.46 Å². The molecular formula is C7H4BNO. The van der Waals surface area contributed by atoms with Crippen molar-refractivity contribution in [1.82, 2.24) is 0 Å². The fourth-order valence-electron chi connectivity index (χ4n) is 0.624. The normalized spacial score (nSPS) is 8.70. The Labute approximate surface area is 60.1 Å². The van der Waals surface area contributed by atoms with E-state index in [9.17, 15) is 0 Å². The number of nitriles is 1. The highest BCUT2D eigenvalue weighted by molar-refractivity contribution is 6.34. The fourth-order valence-corrected chi connectivity index (χ4v) is 0.624. The third-order valence-electron chi connectivity index (χ3n) is 1.16. The SMILES string of the molecule is [B]c1cc(C#N)ccc1O. The van der Waals surface area contributed by atoms with Gasteiger partial charge in [-0.1, -0.05) is 5.46 Å².